The Morgan fingerprint density at radius 3 is 2.43 bits per heavy atom. The third-order valence-electron chi connectivity index (χ3n) is 5.08. The molecular weight excluding hydrogens is 352 g/mol. The van der Waals surface area contributed by atoms with E-state index >= 15 is 0 Å². The fourth-order valence-electron chi connectivity index (χ4n) is 3.69. The highest BCUT2D eigenvalue weighted by Gasteiger charge is 2.28. The van der Waals surface area contributed by atoms with Gasteiger partial charge in [-0.2, -0.15) is 0 Å². The summed E-state index contributed by atoms with van der Waals surface area (Å²) in [4.78, 5) is 26.8. The molecule has 2 N–H and O–H groups in total. The molecule has 1 atom stereocenters. The van der Waals surface area contributed by atoms with Crippen molar-refractivity contribution in [3.05, 3.63) is 59.4 Å². The van der Waals surface area contributed by atoms with Crippen LogP contribution in [0.25, 0.3) is 0 Å². The summed E-state index contributed by atoms with van der Waals surface area (Å²) < 4.78 is 2.08. The molecule has 0 saturated heterocycles. The Bertz CT molecular complexity index is 850. The number of amides is 2. The molecule has 1 aliphatic heterocycles. The van der Waals surface area contributed by atoms with E-state index in [0.29, 0.717) is 6.54 Å². The average Bonchev–Trinajstić information content (AvgIpc) is 3.06. The zero-order valence-corrected chi connectivity index (χ0v) is 17.2. The lowest BCUT2D eigenvalue weighted by Gasteiger charge is -2.36. The predicted octanol–water partition coefficient (Wildman–Crippen LogP) is 2.16. The minimum Gasteiger partial charge on any atom is -0.353 e. The van der Waals surface area contributed by atoms with E-state index in [2.05, 4.69) is 50.4 Å². The minimum absolute atomic E-state index is 0.000238. The summed E-state index contributed by atoms with van der Waals surface area (Å²) in [5, 5.41) is 5.55. The molecular formula is C22H30N4O2. The number of fused-ring (bicyclic) bond motifs is 1. The van der Waals surface area contributed by atoms with Gasteiger partial charge in [0.15, 0.2) is 0 Å². The summed E-state index contributed by atoms with van der Waals surface area (Å²) in [5.74, 6) is -1.19. The first-order chi connectivity index (χ1) is 13.2. The highest BCUT2D eigenvalue weighted by Crippen LogP contribution is 2.27. The van der Waals surface area contributed by atoms with Crippen LogP contribution in [-0.4, -0.2) is 39.9 Å². The maximum Gasteiger partial charge on any atom is 0.309 e. The van der Waals surface area contributed by atoms with Crippen LogP contribution in [0.4, 0.5) is 0 Å². The summed E-state index contributed by atoms with van der Waals surface area (Å²) in [6.07, 6.45) is 2.99. The van der Waals surface area contributed by atoms with Crippen LogP contribution in [0.2, 0.25) is 0 Å². The lowest BCUT2D eigenvalue weighted by atomic mass is 9.98. The number of hydrogen-bond donors (Lipinski definition) is 2. The Morgan fingerprint density at radius 2 is 1.79 bits per heavy atom. The second kappa shape index (κ2) is 8.19. The van der Waals surface area contributed by atoms with Gasteiger partial charge in [0, 0.05) is 44.1 Å². The lowest BCUT2D eigenvalue weighted by Crippen LogP contribution is -2.50. The molecule has 6 nitrogen and oxygen atoms in total. The Kier molecular flexibility index (Phi) is 5.89. The van der Waals surface area contributed by atoms with Gasteiger partial charge < -0.3 is 15.2 Å². The first-order valence-electron chi connectivity index (χ1n) is 9.77. The van der Waals surface area contributed by atoms with Crippen molar-refractivity contribution in [2.45, 2.75) is 45.3 Å². The van der Waals surface area contributed by atoms with Gasteiger partial charge in [0.25, 0.3) is 0 Å². The molecule has 1 aromatic carbocycles. The largest absolute Gasteiger partial charge is 0.353 e. The fraction of sp³-hybridized carbons (Fsp3) is 0.455. The molecule has 0 spiro atoms. The first-order valence-corrected chi connectivity index (χ1v) is 9.77. The SMILES string of the molecule is Cn1cccc1C(CNC(=O)C(=O)NC(C)(C)C)N1CCc2ccccc2C1. The molecule has 150 valence electrons. The van der Waals surface area contributed by atoms with E-state index in [1.165, 1.54) is 11.1 Å². The van der Waals surface area contributed by atoms with Crippen LogP contribution in [0.3, 0.4) is 0 Å². The van der Waals surface area contributed by atoms with Crippen LogP contribution in [-0.2, 0) is 29.6 Å². The van der Waals surface area contributed by atoms with E-state index in [1.807, 2.05) is 40.1 Å². The van der Waals surface area contributed by atoms with Crippen molar-refractivity contribution < 1.29 is 9.59 Å². The molecule has 0 aliphatic carbocycles. The van der Waals surface area contributed by atoms with Gasteiger partial charge in [0.2, 0.25) is 0 Å². The number of nitrogens with zero attached hydrogens (tertiary/aromatic N) is 2. The van der Waals surface area contributed by atoms with Crippen molar-refractivity contribution in [2.75, 3.05) is 13.1 Å². The highest BCUT2D eigenvalue weighted by molar-refractivity contribution is 6.35. The number of carbonyl (C=O) groups excluding carboxylic acids is 2. The molecule has 2 aromatic rings. The van der Waals surface area contributed by atoms with Crippen LogP contribution < -0.4 is 10.6 Å². The van der Waals surface area contributed by atoms with Crippen molar-refractivity contribution in [3.63, 3.8) is 0 Å². The van der Waals surface area contributed by atoms with Gasteiger partial charge in [-0.05, 0) is 50.5 Å². The van der Waals surface area contributed by atoms with Crippen LogP contribution in [0, 0.1) is 0 Å². The molecule has 1 unspecified atom stereocenters. The smallest absolute Gasteiger partial charge is 0.309 e. The Balaban J connectivity index is 1.73. The third-order valence-corrected chi connectivity index (χ3v) is 5.08. The number of carbonyl (C=O) groups is 2. The summed E-state index contributed by atoms with van der Waals surface area (Å²) in [5.41, 5.74) is 3.39. The van der Waals surface area contributed by atoms with E-state index < -0.39 is 17.4 Å². The van der Waals surface area contributed by atoms with E-state index in [4.69, 9.17) is 0 Å². The molecule has 0 radical (unpaired) electrons. The van der Waals surface area contributed by atoms with Gasteiger partial charge in [-0.1, -0.05) is 24.3 Å². The molecule has 3 rings (SSSR count). The molecule has 2 heterocycles. The van der Waals surface area contributed by atoms with Crippen molar-refractivity contribution >= 4 is 11.8 Å². The quantitative estimate of drug-likeness (QED) is 0.797. The Labute approximate surface area is 166 Å². The number of rotatable bonds is 4. The minimum atomic E-state index is -0.595. The van der Waals surface area contributed by atoms with Crippen molar-refractivity contribution in [2.24, 2.45) is 7.05 Å². The van der Waals surface area contributed by atoms with Crippen LogP contribution in [0.15, 0.2) is 42.6 Å². The number of hydrogen-bond acceptors (Lipinski definition) is 3. The standard InChI is InChI=1S/C22H30N4O2/c1-22(2,3)24-21(28)20(27)23-14-19(18-10-7-12-25(18)4)26-13-11-16-8-5-6-9-17(16)15-26/h5-10,12,19H,11,13-15H2,1-4H3,(H,23,27)(H,24,28). The zero-order valence-electron chi connectivity index (χ0n) is 17.2. The maximum atomic E-state index is 12.3. The Morgan fingerprint density at radius 1 is 1.07 bits per heavy atom. The molecule has 28 heavy (non-hydrogen) atoms. The van der Waals surface area contributed by atoms with Gasteiger partial charge in [0.1, 0.15) is 0 Å². The molecule has 1 aromatic heterocycles. The summed E-state index contributed by atoms with van der Waals surface area (Å²) in [6, 6.07) is 12.6. The summed E-state index contributed by atoms with van der Waals surface area (Å²) in [7, 11) is 2.01. The van der Waals surface area contributed by atoms with Gasteiger partial charge in [-0.25, -0.2) is 0 Å². The highest BCUT2D eigenvalue weighted by atomic mass is 16.2. The van der Waals surface area contributed by atoms with E-state index in [0.717, 1.165) is 25.2 Å². The second-order valence-corrected chi connectivity index (χ2v) is 8.46. The monoisotopic (exact) mass is 382 g/mol. The third kappa shape index (κ3) is 4.81. The predicted molar refractivity (Wildman–Crippen MR) is 110 cm³/mol. The van der Waals surface area contributed by atoms with E-state index in [-0.39, 0.29) is 6.04 Å². The van der Waals surface area contributed by atoms with Gasteiger partial charge in [-0.15, -0.1) is 0 Å². The number of nitrogens with one attached hydrogen (secondary N) is 2. The number of aromatic nitrogens is 1. The first kappa shape index (κ1) is 20.1. The fourth-order valence-corrected chi connectivity index (χ4v) is 3.69. The van der Waals surface area contributed by atoms with Crippen LogP contribution >= 0.6 is 0 Å². The van der Waals surface area contributed by atoms with Crippen molar-refractivity contribution in [1.82, 2.24) is 20.1 Å². The van der Waals surface area contributed by atoms with Gasteiger partial charge >= 0.3 is 11.8 Å². The summed E-state index contributed by atoms with van der Waals surface area (Å²) in [6.45, 7) is 7.70. The average molecular weight is 383 g/mol. The normalized spacial score (nSPS) is 15.6. The van der Waals surface area contributed by atoms with Crippen LogP contribution in [0.1, 0.15) is 43.6 Å². The van der Waals surface area contributed by atoms with Crippen LogP contribution in [0.5, 0.6) is 0 Å². The summed E-state index contributed by atoms with van der Waals surface area (Å²) >= 11 is 0. The van der Waals surface area contributed by atoms with Crippen molar-refractivity contribution in [3.8, 4) is 0 Å². The topological polar surface area (TPSA) is 66.4 Å². The molecule has 2 amide bonds. The molecule has 0 saturated carbocycles. The Hall–Kier alpha value is -2.60. The number of aryl methyl sites for hydroxylation is 1. The lowest BCUT2D eigenvalue weighted by molar-refractivity contribution is -0.140. The molecule has 0 bridgehead atoms. The molecule has 6 heteroatoms. The second-order valence-electron chi connectivity index (χ2n) is 8.46. The molecule has 0 fully saturated rings. The van der Waals surface area contributed by atoms with Crippen molar-refractivity contribution in [1.29, 1.82) is 0 Å². The van der Waals surface area contributed by atoms with Gasteiger partial charge in [-0.3, -0.25) is 14.5 Å². The maximum absolute atomic E-state index is 12.3. The molecule has 1 aliphatic rings. The van der Waals surface area contributed by atoms with E-state index in [9.17, 15) is 9.59 Å². The van der Waals surface area contributed by atoms with Gasteiger partial charge in [0.05, 0.1) is 6.04 Å². The van der Waals surface area contributed by atoms with E-state index in [1.54, 1.807) is 0 Å². The number of benzene rings is 1. The zero-order chi connectivity index (χ0) is 20.3.